The number of amides is 1. The topological polar surface area (TPSA) is 44.8 Å². The highest BCUT2D eigenvalue weighted by molar-refractivity contribution is 9.10. The molecule has 144 valence electrons. The Morgan fingerprint density at radius 1 is 1.04 bits per heavy atom. The van der Waals surface area contributed by atoms with Gasteiger partial charge in [-0.1, -0.05) is 15.9 Å². The molecule has 3 rings (SSSR count). The Labute approximate surface area is 169 Å². The lowest BCUT2D eigenvalue weighted by Crippen LogP contribution is -2.47. The molecule has 2 aromatic carbocycles. The molecular formula is C21H26BrN3O2. The Morgan fingerprint density at radius 3 is 2.33 bits per heavy atom. The predicted octanol–water partition coefficient (Wildman–Crippen LogP) is 3.40. The van der Waals surface area contributed by atoms with Gasteiger partial charge in [0.15, 0.2) is 0 Å². The molecule has 0 radical (unpaired) electrons. The molecule has 0 aromatic heterocycles. The lowest BCUT2D eigenvalue weighted by Gasteiger charge is -2.36. The van der Waals surface area contributed by atoms with Crippen molar-refractivity contribution in [1.29, 1.82) is 0 Å². The zero-order chi connectivity index (χ0) is 19.1. The number of ether oxygens (including phenoxy) is 1. The van der Waals surface area contributed by atoms with Crippen molar-refractivity contribution in [3.63, 3.8) is 0 Å². The Morgan fingerprint density at radius 2 is 1.70 bits per heavy atom. The molecule has 0 spiro atoms. The Kier molecular flexibility index (Phi) is 7.12. The van der Waals surface area contributed by atoms with E-state index in [2.05, 4.69) is 43.2 Å². The number of halogens is 1. The minimum atomic E-state index is -0.00757. The summed E-state index contributed by atoms with van der Waals surface area (Å²) in [5.74, 6) is 0.884. The molecule has 1 fully saturated rings. The first kappa shape index (κ1) is 19.7. The summed E-state index contributed by atoms with van der Waals surface area (Å²) >= 11 is 3.38. The third kappa shape index (κ3) is 5.71. The zero-order valence-electron chi connectivity index (χ0n) is 15.7. The maximum absolute atomic E-state index is 12.1. The van der Waals surface area contributed by atoms with Crippen LogP contribution in [0.1, 0.15) is 16.8 Å². The number of anilines is 1. The van der Waals surface area contributed by atoms with E-state index in [1.807, 2.05) is 36.4 Å². The van der Waals surface area contributed by atoms with Gasteiger partial charge in [0.2, 0.25) is 0 Å². The molecule has 27 heavy (non-hydrogen) atoms. The molecule has 0 atom stereocenters. The van der Waals surface area contributed by atoms with Crippen molar-refractivity contribution in [3.05, 3.63) is 58.6 Å². The summed E-state index contributed by atoms with van der Waals surface area (Å²) in [5, 5.41) is 3.00. The monoisotopic (exact) mass is 431 g/mol. The SMILES string of the molecule is COc1ccc(N2CCN(CCCNC(=O)c3ccc(Br)cc3)CC2)cc1. The van der Waals surface area contributed by atoms with Gasteiger partial charge < -0.3 is 15.0 Å². The van der Waals surface area contributed by atoms with Gasteiger partial charge in [-0.25, -0.2) is 0 Å². The normalized spacial score (nSPS) is 14.8. The van der Waals surface area contributed by atoms with Crippen molar-refractivity contribution in [1.82, 2.24) is 10.2 Å². The van der Waals surface area contributed by atoms with Crippen molar-refractivity contribution in [2.24, 2.45) is 0 Å². The average Bonchev–Trinajstić information content (AvgIpc) is 2.72. The zero-order valence-corrected chi connectivity index (χ0v) is 17.2. The number of benzene rings is 2. The van der Waals surface area contributed by atoms with Crippen LogP contribution in [-0.2, 0) is 0 Å². The molecule has 0 saturated carbocycles. The van der Waals surface area contributed by atoms with Crippen LogP contribution < -0.4 is 15.0 Å². The molecule has 1 aliphatic heterocycles. The van der Waals surface area contributed by atoms with Gasteiger partial charge in [-0.15, -0.1) is 0 Å². The fraction of sp³-hybridized carbons (Fsp3) is 0.381. The first-order valence-electron chi connectivity index (χ1n) is 9.31. The summed E-state index contributed by atoms with van der Waals surface area (Å²) in [6, 6.07) is 15.7. The van der Waals surface area contributed by atoms with Crippen LogP contribution in [0.2, 0.25) is 0 Å². The number of hydrogen-bond acceptors (Lipinski definition) is 4. The second-order valence-corrected chi connectivity index (χ2v) is 7.56. The second kappa shape index (κ2) is 9.76. The third-order valence-electron chi connectivity index (χ3n) is 4.85. The van der Waals surface area contributed by atoms with Crippen molar-refractivity contribution < 1.29 is 9.53 Å². The van der Waals surface area contributed by atoms with E-state index in [0.717, 1.165) is 49.4 Å². The average molecular weight is 432 g/mol. The molecule has 1 N–H and O–H groups in total. The van der Waals surface area contributed by atoms with Gasteiger partial charge in [-0.2, -0.15) is 0 Å². The van der Waals surface area contributed by atoms with Crippen LogP contribution in [0.3, 0.4) is 0 Å². The lowest BCUT2D eigenvalue weighted by molar-refractivity contribution is 0.0951. The van der Waals surface area contributed by atoms with E-state index in [1.165, 1.54) is 5.69 Å². The summed E-state index contributed by atoms with van der Waals surface area (Å²) < 4.78 is 6.20. The Balaban J connectivity index is 1.34. The first-order chi connectivity index (χ1) is 13.2. The quantitative estimate of drug-likeness (QED) is 0.682. The molecule has 0 aliphatic carbocycles. The molecule has 0 bridgehead atoms. The number of carbonyl (C=O) groups excluding carboxylic acids is 1. The van der Waals surface area contributed by atoms with E-state index in [9.17, 15) is 4.79 Å². The minimum absolute atomic E-state index is 0.00757. The number of methoxy groups -OCH3 is 1. The van der Waals surface area contributed by atoms with E-state index in [0.29, 0.717) is 12.1 Å². The number of hydrogen-bond donors (Lipinski definition) is 1. The maximum Gasteiger partial charge on any atom is 0.251 e. The highest BCUT2D eigenvalue weighted by Gasteiger charge is 2.17. The Bertz CT molecular complexity index is 726. The summed E-state index contributed by atoms with van der Waals surface area (Å²) in [4.78, 5) is 17.0. The molecule has 1 amide bonds. The molecular weight excluding hydrogens is 406 g/mol. The van der Waals surface area contributed by atoms with E-state index in [1.54, 1.807) is 7.11 Å². The number of piperazine rings is 1. The van der Waals surface area contributed by atoms with Gasteiger partial charge >= 0.3 is 0 Å². The molecule has 0 unspecified atom stereocenters. The molecule has 2 aromatic rings. The maximum atomic E-state index is 12.1. The fourth-order valence-electron chi connectivity index (χ4n) is 3.23. The largest absolute Gasteiger partial charge is 0.497 e. The number of nitrogens with zero attached hydrogens (tertiary/aromatic N) is 2. The van der Waals surface area contributed by atoms with Crippen LogP contribution in [0.25, 0.3) is 0 Å². The number of carbonyl (C=O) groups is 1. The van der Waals surface area contributed by atoms with Crippen molar-refractivity contribution in [2.45, 2.75) is 6.42 Å². The molecule has 1 heterocycles. The molecule has 6 heteroatoms. The summed E-state index contributed by atoms with van der Waals surface area (Å²) in [5.41, 5.74) is 1.95. The molecule has 1 aliphatic rings. The van der Waals surface area contributed by atoms with Crippen LogP contribution in [0.4, 0.5) is 5.69 Å². The van der Waals surface area contributed by atoms with E-state index < -0.39 is 0 Å². The first-order valence-corrected chi connectivity index (χ1v) is 10.1. The highest BCUT2D eigenvalue weighted by Crippen LogP contribution is 2.20. The number of nitrogens with one attached hydrogen (secondary N) is 1. The Hall–Kier alpha value is -2.05. The van der Waals surface area contributed by atoms with Crippen molar-refractivity contribution in [3.8, 4) is 5.75 Å². The van der Waals surface area contributed by atoms with Crippen molar-refractivity contribution in [2.75, 3.05) is 51.3 Å². The van der Waals surface area contributed by atoms with E-state index in [4.69, 9.17) is 4.74 Å². The summed E-state index contributed by atoms with van der Waals surface area (Å²) in [6.07, 6.45) is 0.963. The summed E-state index contributed by atoms with van der Waals surface area (Å²) in [6.45, 7) is 5.86. The van der Waals surface area contributed by atoms with Gasteiger partial charge in [0.05, 0.1) is 7.11 Å². The predicted molar refractivity (Wildman–Crippen MR) is 113 cm³/mol. The van der Waals surface area contributed by atoms with Crippen molar-refractivity contribution >= 4 is 27.5 Å². The van der Waals surface area contributed by atoms with Crippen LogP contribution >= 0.6 is 15.9 Å². The molecule has 1 saturated heterocycles. The standard InChI is InChI=1S/C21H26BrN3O2/c1-27-20-9-7-19(8-10-20)25-15-13-24(14-16-25)12-2-11-23-21(26)17-3-5-18(22)6-4-17/h3-10H,2,11-16H2,1H3,(H,23,26). The highest BCUT2D eigenvalue weighted by atomic mass is 79.9. The number of rotatable bonds is 7. The van der Waals surface area contributed by atoms with Gasteiger partial charge in [0.1, 0.15) is 5.75 Å². The fourth-order valence-corrected chi connectivity index (χ4v) is 3.49. The van der Waals surface area contributed by atoms with Gasteiger partial charge in [-0.05, 0) is 61.5 Å². The third-order valence-corrected chi connectivity index (χ3v) is 5.38. The molecule has 5 nitrogen and oxygen atoms in total. The van der Waals surface area contributed by atoms with Crippen LogP contribution in [0, 0.1) is 0 Å². The van der Waals surface area contributed by atoms with Gasteiger partial charge in [-0.3, -0.25) is 9.69 Å². The smallest absolute Gasteiger partial charge is 0.251 e. The summed E-state index contributed by atoms with van der Waals surface area (Å²) in [7, 11) is 1.69. The van der Waals surface area contributed by atoms with Crippen LogP contribution in [0.15, 0.2) is 53.0 Å². The van der Waals surface area contributed by atoms with E-state index >= 15 is 0 Å². The van der Waals surface area contributed by atoms with Crippen LogP contribution in [-0.4, -0.2) is 57.2 Å². The second-order valence-electron chi connectivity index (χ2n) is 6.64. The van der Waals surface area contributed by atoms with Crippen LogP contribution in [0.5, 0.6) is 5.75 Å². The van der Waals surface area contributed by atoms with Gasteiger partial charge in [0, 0.05) is 48.4 Å². The lowest BCUT2D eigenvalue weighted by atomic mass is 10.2. The van der Waals surface area contributed by atoms with E-state index in [-0.39, 0.29) is 5.91 Å². The minimum Gasteiger partial charge on any atom is -0.497 e. The van der Waals surface area contributed by atoms with Gasteiger partial charge in [0.25, 0.3) is 5.91 Å².